The predicted octanol–water partition coefficient (Wildman–Crippen LogP) is 15.9. The molecule has 0 radical (unpaired) electrons. The Bertz CT molecular complexity index is 863. The number of rotatable bonds is 37. The molecule has 0 bridgehead atoms. The van der Waals surface area contributed by atoms with E-state index in [2.05, 4.69) is 104 Å². The third-order valence-corrected chi connectivity index (χ3v) is 21.0. The van der Waals surface area contributed by atoms with Gasteiger partial charge in [-0.05, 0) is 112 Å². The molecule has 8 atom stereocenters. The smallest absolute Gasteiger partial charge is 0.238 e. The monoisotopic (exact) mass is 946 g/mol. The van der Waals surface area contributed by atoms with Crippen LogP contribution in [0.4, 0.5) is 0 Å². The van der Waals surface area contributed by atoms with E-state index >= 15 is 0 Å². The van der Waals surface area contributed by atoms with Gasteiger partial charge in [0.25, 0.3) is 0 Å². The van der Waals surface area contributed by atoms with Crippen molar-refractivity contribution < 1.29 is 41.0 Å². The lowest BCUT2D eigenvalue weighted by atomic mass is 10.1. The Morgan fingerprint density at radius 1 is 0.375 bits per heavy atom. The van der Waals surface area contributed by atoms with Crippen molar-refractivity contribution in [3.63, 3.8) is 0 Å². The average molecular weight is 947 g/mol. The van der Waals surface area contributed by atoms with E-state index in [0.29, 0.717) is 41.6 Å². The fourth-order valence-corrected chi connectivity index (χ4v) is 19.5. The first-order valence-electron chi connectivity index (χ1n) is 20.7. The van der Waals surface area contributed by atoms with Crippen LogP contribution in [0, 0.1) is 23.7 Å². The molecule has 56 heavy (non-hydrogen) atoms. The van der Waals surface area contributed by atoms with Crippen LogP contribution in [0.15, 0.2) is 0 Å². The van der Waals surface area contributed by atoms with Gasteiger partial charge in [-0.3, -0.25) is 0 Å². The van der Waals surface area contributed by atoms with Crippen LogP contribution in [0.5, 0.6) is 0 Å². The van der Waals surface area contributed by atoms with E-state index in [9.17, 15) is 4.79 Å². The highest BCUT2D eigenvalue weighted by atomic mass is 32.7. The molecule has 0 fully saturated rings. The van der Waals surface area contributed by atoms with Gasteiger partial charge in [0, 0.05) is 29.4 Å². The van der Waals surface area contributed by atoms with Gasteiger partial charge in [-0.1, -0.05) is 101 Å². The van der Waals surface area contributed by atoms with Crippen LogP contribution >= 0.6 is 75.8 Å². The van der Waals surface area contributed by atoms with E-state index < -0.39 is 30.3 Å². The van der Waals surface area contributed by atoms with E-state index in [-0.39, 0.29) is 48.8 Å². The molecule has 0 amide bonds. The van der Waals surface area contributed by atoms with Gasteiger partial charge in [0.2, 0.25) is 30.3 Å². The molecule has 8 unspecified atom stereocenters. The van der Waals surface area contributed by atoms with E-state index in [1.807, 2.05) is 13.8 Å². The minimum Gasteiger partial charge on any atom is -0.323 e. The maximum Gasteiger partial charge on any atom is 0.238 e. The zero-order valence-corrected chi connectivity index (χ0v) is 44.8. The zero-order chi connectivity index (χ0) is 42.8. The van der Waals surface area contributed by atoms with Crippen molar-refractivity contribution in [1.82, 2.24) is 0 Å². The Labute approximate surface area is 366 Å². The van der Waals surface area contributed by atoms with Crippen molar-refractivity contribution in [3.8, 4) is 0 Å². The minimum absolute atomic E-state index is 0.0329. The molecule has 0 N–H and O–H groups in total. The molecule has 336 valence electrons. The first-order valence-corrected chi connectivity index (χ1v) is 31.8. The molecule has 0 rings (SSSR count). The molecule has 0 aromatic carbocycles. The largest absolute Gasteiger partial charge is 0.323 e. The van der Waals surface area contributed by atoms with Gasteiger partial charge in [0.15, 0.2) is 0 Å². The summed E-state index contributed by atoms with van der Waals surface area (Å²) in [5.41, 5.74) is 0. The summed E-state index contributed by atoms with van der Waals surface area (Å²) in [7, 11) is -4.80. The van der Waals surface area contributed by atoms with Gasteiger partial charge in [-0.25, -0.2) is 0 Å². The number of carbonyl (C=O) groups is 1. The maximum absolute atomic E-state index is 10.9. The van der Waals surface area contributed by atoms with Crippen LogP contribution < -0.4 is 0 Å². The lowest BCUT2D eigenvalue weighted by molar-refractivity contribution is -0.107. The van der Waals surface area contributed by atoms with Gasteiger partial charge in [0.1, 0.15) is 6.29 Å². The Balaban J connectivity index is 5.87. The van der Waals surface area contributed by atoms with Crippen LogP contribution in [0.3, 0.4) is 0 Å². The SMILES string of the molecule is CC(C)CC(C)OP(OC(C)CC(C)C)SCC(C)OP(OC(C)CSP(OC(C)CC(C)C)OC(C)CC(C)C)SCC(C)OP(OC(C)C)SCCC=O. The molecule has 0 aliphatic heterocycles. The predicted molar refractivity (Wildman–Crippen MR) is 256 cm³/mol. The van der Waals surface area contributed by atoms with Gasteiger partial charge >= 0.3 is 0 Å². The van der Waals surface area contributed by atoms with Gasteiger partial charge < -0.3 is 41.0 Å². The van der Waals surface area contributed by atoms with Gasteiger partial charge in [-0.15, -0.1) is 0 Å². The highest BCUT2D eigenvalue weighted by Gasteiger charge is 2.28. The number of carbonyl (C=O) groups excluding carboxylic acids is 1. The topological polar surface area (TPSA) is 90.9 Å². The molecule has 0 heterocycles. The van der Waals surface area contributed by atoms with Crippen LogP contribution in [-0.4, -0.2) is 78.1 Å². The van der Waals surface area contributed by atoms with Gasteiger partial charge in [0.05, 0.1) is 48.8 Å². The summed E-state index contributed by atoms with van der Waals surface area (Å²) in [5.74, 6) is 5.01. The average Bonchev–Trinajstić information content (AvgIpc) is 3.03. The van der Waals surface area contributed by atoms with Crippen molar-refractivity contribution in [2.45, 2.75) is 199 Å². The minimum atomic E-state index is -1.33. The second-order valence-electron chi connectivity index (χ2n) is 16.7. The first-order chi connectivity index (χ1) is 26.2. The molecule has 0 aromatic rings. The standard InChI is InChI=1S/C39H82O9P4S4/c1-28(2)21-33(11)42-50(43-34(12)22-29(3)4)54-26-38(16)47-52(56-25-37(15)46-49(41-32(9)10)53-20-18-19-40)48-39(17)27-55-51(44-35(13)23-30(5)6)45-36(14)24-31(7)8/h19,28-39H,18,20-27H2,1-17H3. The van der Waals surface area contributed by atoms with Crippen molar-refractivity contribution in [1.29, 1.82) is 0 Å². The second kappa shape index (κ2) is 34.9. The fraction of sp³-hybridized carbons (Fsp3) is 0.974. The molecule has 0 saturated carbocycles. The van der Waals surface area contributed by atoms with Crippen LogP contribution in [0.2, 0.25) is 0 Å². The summed E-state index contributed by atoms with van der Waals surface area (Å²) < 4.78 is 51.9. The van der Waals surface area contributed by atoms with Crippen molar-refractivity contribution in [2.75, 3.05) is 23.0 Å². The Morgan fingerprint density at radius 2 is 0.625 bits per heavy atom. The summed E-state index contributed by atoms with van der Waals surface area (Å²) in [4.78, 5) is 10.9. The molecule has 0 aliphatic rings. The Kier molecular flexibility index (Phi) is 36.4. The highest BCUT2D eigenvalue weighted by molar-refractivity contribution is 8.54. The molecule has 0 aromatic heterocycles. The molecule has 0 spiro atoms. The number of hydrogen-bond acceptors (Lipinski definition) is 13. The molecular weight excluding hydrogens is 865 g/mol. The Hall–Kier alpha value is 2.47. The molecule has 0 aliphatic carbocycles. The molecular formula is C39H82O9P4S4. The van der Waals surface area contributed by atoms with Crippen molar-refractivity contribution >= 4 is 82.1 Å². The zero-order valence-electron chi connectivity index (χ0n) is 38.0. The van der Waals surface area contributed by atoms with Crippen molar-refractivity contribution in [2.24, 2.45) is 23.7 Å². The van der Waals surface area contributed by atoms with Crippen LogP contribution in [-0.2, 0) is 41.0 Å². The van der Waals surface area contributed by atoms with Crippen molar-refractivity contribution in [3.05, 3.63) is 0 Å². The van der Waals surface area contributed by atoms with Crippen LogP contribution in [0.1, 0.15) is 150 Å². The third-order valence-electron chi connectivity index (χ3n) is 7.05. The van der Waals surface area contributed by atoms with Gasteiger partial charge in [-0.2, -0.15) is 0 Å². The fourth-order valence-electron chi connectivity index (χ4n) is 5.14. The molecule has 17 heteroatoms. The quantitative estimate of drug-likeness (QED) is 0.0337. The summed E-state index contributed by atoms with van der Waals surface area (Å²) in [5, 5.41) is 0. The number of aldehydes is 1. The summed E-state index contributed by atoms with van der Waals surface area (Å²) in [6.45, 7) is 36.7. The maximum atomic E-state index is 10.9. The Morgan fingerprint density at radius 3 is 0.857 bits per heavy atom. The second-order valence-corrected chi connectivity index (χ2v) is 29.2. The number of hydrogen-bond donors (Lipinski definition) is 0. The van der Waals surface area contributed by atoms with Crippen LogP contribution in [0.25, 0.3) is 0 Å². The lowest BCUT2D eigenvalue weighted by Crippen LogP contribution is -2.16. The normalized spacial score (nSPS) is 18.6. The van der Waals surface area contributed by atoms with E-state index in [1.165, 1.54) is 0 Å². The van der Waals surface area contributed by atoms with E-state index in [4.69, 9.17) is 36.2 Å². The highest BCUT2D eigenvalue weighted by Crippen LogP contribution is 2.60. The van der Waals surface area contributed by atoms with E-state index in [1.54, 1.807) is 45.5 Å². The first kappa shape index (κ1) is 58.5. The molecule has 0 saturated heterocycles. The third kappa shape index (κ3) is 35.0. The summed E-state index contributed by atoms with van der Waals surface area (Å²) in [6, 6.07) is 0. The van der Waals surface area contributed by atoms with E-state index in [0.717, 1.165) is 43.5 Å². The molecule has 9 nitrogen and oxygen atoms in total. The summed E-state index contributed by atoms with van der Waals surface area (Å²) in [6.07, 6.45) is 5.61. The lowest BCUT2D eigenvalue weighted by Gasteiger charge is -2.29. The summed E-state index contributed by atoms with van der Waals surface area (Å²) >= 11 is 6.69.